The minimum absolute atomic E-state index is 0.163. The molecule has 0 bridgehead atoms. The van der Waals surface area contributed by atoms with Crippen LogP contribution < -0.4 is 0 Å². The van der Waals surface area contributed by atoms with Crippen molar-refractivity contribution in [3.05, 3.63) is 40.5 Å². The number of hydrogen-bond donors (Lipinski definition) is 2. The summed E-state index contributed by atoms with van der Waals surface area (Å²) in [7, 11) is 0. The zero-order valence-electron chi connectivity index (χ0n) is 11.7. The third-order valence-corrected chi connectivity index (χ3v) is 2.59. The summed E-state index contributed by atoms with van der Waals surface area (Å²) in [6.07, 6.45) is 1.75. The Morgan fingerprint density at radius 1 is 1.23 bits per heavy atom. The summed E-state index contributed by atoms with van der Waals surface area (Å²) in [6, 6.07) is 5.15. The van der Waals surface area contributed by atoms with Gasteiger partial charge in [-0.25, -0.2) is 14.4 Å². The predicted molar refractivity (Wildman–Crippen MR) is 75.2 cm³/mol. The Kier molecular flexibility index (Phi) is 5.84. The van der Waals surface area contributed by atoms with Crippen LogP contribution in [0.2, 0.25) is 0 Å². The number of benzene rings is 1. The van der Waals surface area contributed by atoms with E-state index in [4.69, 9.17) is 20.2 Å². The van der Waals surface area contributed by atoms with Crippen molar-refractivity contribution in [2.75, 3.05) is 6.61 Å². The fourth-order valence-corrected chi connectivity index (χ4v) is 1.59. The van der Waals surface area contributed by atoms with E-state index in [1.54, 1.807) is 13.0 Å². The van der Waals surface area contributed by atoms with E-state index < -0.39 is 23.5 Å². The average Bonchev–Trinajstić information content (AvgIpc) is 2.49. The quantitative estimate of drug-likeness (QED) is 0.467. The van der Waals surface area contributed by atoms with Crippen molar-refractivity contribution in [1.29, 1.82) is 5.26 Å². The van der Waals surface area contributed by atoms with Gasteiger partial charge in [0.15, 0.2) is 0 Å². The molecule has 1 aromatic carbocycles. The number of ether oxygens (including phenoxy) is 1. The molecule has 0 aromatic heterocycles. The number of carbonyl (C=O) groups excluding carboxylic acids is 1. The SMILES string of the molecule is CCCOC(=O)C(C#N)=Cc1ccc(C(=O)O)c(C(=O)O)c1. The van der Waals surface area contributed by atoms with E-state index in [-0.39, 0.29) is 23.3 Å². The minimum Gasteiger partial charge on any atom is -0.478 e. The molecular formula is C15H13NO6. The Bertz CT molecular complexity index is 684. The van der Waals surface area contributed by atoms with E-state index in [0.29, 0.717) is 6.42 Å². The largest absolute Gasteiger partial charge is 0.478 e. The molecule has 0 aliphatic heterocycles. The van der Waals surface area contributed by atoms with Gasteiger partial charge in [0.25, 0.3) is 0 Å². The monoisotopic (exact) mass is 303 g/mol. The van der Waals surface area contributed by atoms with E-state index in [2.05, 4.69) is 0 Å². The van der Waals surface area contributed by atoms with Gasteiger partial charge in [0.05, 0.1) is 17.7 Å². The molecule has 0 atom stereocenters. The minimum atomic E-state index is -1.42. The van der Waals surface area contributed by atoms with Crippen molar-refractivity contribution in [1.82, 2.24) is 0 Å². The summed E-state index contributed by atoms with van der Waals surface area (Å²) >= 11 is 0. The smallest absolute Gasteiger partial charge is 0.348 e. The highest BCUT2D eigenvalue weighted by molar-refractivity contribution is 6.03. The van der Waals surface area contributed by atoms with Gasteiger partial charge in [0, 0.05) is 0 Å². The van der Waals surface area contributed by atoms with Crippen molar-refractivity contribution in [2.45, 2.75) is 13.3 Å². The second-order valence-electron chi connectivity index (χ2n) is 4.22. The maximum Gasteiger partial charge on any atom is 0.348 e. The lowest BCUT2D eigenvalue weighted by Gasteiger charge is -2.04. The Morgan fingerprint density at radius 2 is 1.86 bits per heavy atom. The first-order valence-corrected chi connectivity index (χ1v) is 6.30. The van der Waals surface area contributed by atoms with Gasteiger partial charge in [0.1, 0.15) is 11.6 Å². The lowest BCUT2D eigenvalue weighted by Crippen LogP contribution is -2.09. The van der Waals surface area contributed by atoms with Crippen molar-refractivity contribution >= 4 is 24.0 Å². The number of rotatable bonds is 6. The topological polar surface area (TPSA) is 125 Å². The molecule has 22 heavy (non-hydrogen) atoms. The van der Waals surface area contributed by atoms with E-state index in [1.165, 1.54) is 6.07 Å². The van der Waals surface area contributed by atoms with E-state index in [1.807, 2.05) is 0 Å². The molecule has 0 amide bonds. The van der Waals surface area contributed by atoms with Gasteiger partial charge in [-0.15, -0.1) is 0 Å². The molecule has 7 heteroatoms. The highest BCUT2D eigenvalue weighted by atomic mass is 16.5. The second-order valence-corrected chi connectivity index (χ2v) is 4.22. The summed E-state index contributed by atoms with van der Waals surface area (Å²) in [5, 5.41) is 26.9. The first-order valence-electron chi connectivity index (χ1n) is 6.30. The predicted octanol–water partition coefficient (Wildman–Crippen LogP) is 1.94. The van der Waals surface area contributed by atoms with Crippen LogP contribution in [0.5, 0.6) is 0 Å². The number of nitrogens with zero attached hydrogens (tertiary/aromatic N) is 1. The molecule has 0 aliphatic rings. The highest BCUT2D eigenvalue weighted by Gasteiger charge is 2.17. The number of esters is 1. The molecule has 0 spiro atoms. The van der Waals surface area contributed by atoms with Crippen molar-refractivity contribution in [3.8, 4) is 6.07 Å². The molecule has 0 radical (unpaired) electrons. The van der Waals surface area contributed by atoms with Crippen molar-refractivity contribution in [2.24, 2.45) is 0 Å². The molecule has 0 saturated carbocycles. The molecule has 0 fully saturated rings. The number of carboxylic acid groups (broad SMARTS) is 2. The van der Waals surface area contributed by atoms with Crippen LogP contribution in [0.25, 0.3) is 6.08 Å². The van der Waals surface area contributed by atoms with Gasteiger partial charge in [-0.1, -0.05) is 13.0 Å². The van der Waals surface area contributed by atoms with Gasteiger partial charge in [-0.2, -0.15) is 5.26 Å². The molecule has 0 aliphatic carbocycles. The van der Waals surface area contributed by atoms with Crippen molar-refractivity contribution < 1.29 is 29.3 Å². The number of nitriles is 1. The maximum absolute atomic E-state index is 11.6. The van der Waals surface area contributed by atoms with Crippen LogP contribution in [-0.2, 0) is 9.53 Å². The zero-order chi connectivity index (χ0) is 16.7. The van der Waals surface area contributed by atoms with Gasteiger partial charge in [-0.05, 0) is 30.2 Å². The molecule has 1 aromatic rings. The van der Waals surface area contributed by atoms with Gasteiger partial charge in [0.2, 0.25) is 0 Å². The molecule has 0 saturated heterocycles. The molecule has 0 heterocycles. The van der Waals surface area contributed by atoms with Gasteiger partial charge >= 0.3 is 17.9 Å². The van der Waals surface area contributed by atoms with Crippen LogP contribution in [0.3, 0.4) is 0 Å². The molecule has 2 N–H and O–H groups in total. The Labute approximate surface area is 126 Å². The van der Waals surface area contributed by atoms with E-state index in [0.717, 1.165) is 18.2 Å². The van der Waals surface area contributed by atoms with E-state index in [9.17, 15) is 14.4 Å². The number of carboxylic acids is 2. The lowest BCUT2D eigenvalue weighted by atomic mass is 10.0. The summed E-state index contributed by atoms with van der Waals surface area (Å²) in [6.45, 7) is 1.96. The van der Waals surface area contributed by atoms with Crippen LogP contribution in [0.4, 0.5) is 0 Å². The van der Waals surface area contributed by atoms with Crippen LogP contribution in [0, 0.1) is 11.3 Å². The summed E-state index contributed by atoms with van der Waals surface area (Å²) < 4.78 is 4.82. The summed E-state index contributed by atoms with van der Waals surface area (Å²) in [4.78, 5) is 33.6. The van der Waals surface area contributed by atoms with Crippen LogP contribution in [-0.4, -0.2) is 34.7 Å². The molecule has 1 rings (SSSR count). The number of aromatic carboxylic acids is 2. The number of carbonyl (C=O) groups is 3. The fourth-order valence-electron chi connectivity index (χ4n) is 1.59. The van der Waals surface area contributed by atoms with Crippen LogP contribution >= 0.6 is 0 Å². The number of hydrogen-bond acceptors (Lipinski definition) is 5. The van der Waals surface area contributed by atoms with Crippen LogP contribution in [0.15, 0.2) is 23.8 Å². The first-order chi connectivity index (χ1) is 10.4. The highest BCUT2D eigenvalue weighted by Crippen LogP contribution is 2.16. The second kappa shape index (κ2) is 7.59. The molecular weight excluding hydrogens is 290 g/mol. The normalized spacial score (nSPS) is 10.6. The van der Waals surface area contributed by atoms with Gasteiger partial charge < -0.3 is 14.9 Å². The van der Waals surface area contributed by atoms with Gasteiger partial charge in [-0.3, -0.25) is 0 Å². The summed E-state index contributed by atoms with van der Waals surface area (Å²) in [5.41, 5.74) is -0.891. The zero-order valence-corrected chi connectivity index (χ0v) is 11.7. The summed E-state index contributed by atoms with van der Waals surface area (Å²) in [5.74, 6) is -3.61. The van der Waals surface area contributed by atoms with E-state index >= 15 is 0 Å². The molecule has 7 nitrogen and oxygen atoms in total. The fraction of sp³-hybridized carbons (Fsp3) is 0.200. The third-order valence-electron chi connectivity index (χ3n) is 2.59. The Balaban J connectivity index is 3.21. The van der Waals surface area contributed by atoms with Crippen molar-refractivity contribution in [3.63, 3.8) is 0 Å². The average molecular weight is 303 g/mol. The Morgan fingerprint density at radius 3 is 2.36 bits per heavy atom. The van der Waals surface area contributed by atoms with Crippen LogP contribution in [0.1, 0.15) is 39.6 Å². The maximum atomic E-state index is 11.6. The lowest BCUT2D eigenvalue weighted by molar-refractivity contribution is -0.138. The molecule has 0 unspecified atom stereocenters. The standard InChI is InChI=1S/C15H13NO6/c1-2-5-22-15(21)10(8-16)6-9-3-4-11(13(17)18)12(7-9)14(19)20/h3-4,6-7H,2,5H2,1H3,(H,17,18)(H,19,20). The molecule has 114 valence electrons. The third kappa shape index (κ3) is 4.18. The Hall–Kier alpha value is -3.14. The first kappa shape index (κ1) is 16.9.